The van der Waals surface area contributed by atoms with Crippen LogP contribution >= 0.6 is 11.6 Å². The van der Waals surface area contributed by atoms with Crippen molar-refractivity contribution in [1.82, 2.24) is 0 Å². The average molecular weight is 256 g/mol. The molecular weight excluding hydrogens is 245 g/mol. The number of rotatable bonds is 3. The molecule has 0 amide bonds. The molecular formula is C11H11ClFN3O. The first kappa shape index (κ1) is 11.6. The Bertz CT molecular complexity index is 528. The summed E-state index contributed by atoms with van der Waals surface area (Å²) in [5, 5.41) is 2.72. The Hall–Kier alpha value is -1.88. The van der Waals surface area contributed by atoms with Gasteiger partial charge in [0.25, 0.3) is 0 Å². The van der Waals surface area contributed by atoms with Crippen molar-refractivity contribution in [3.63, 3.8) is 0 Å². The Morgan fingerprint density at radius 2 is 2.12 bits per heavy atom. The first-order chi connectivity index (χ1) is 8.09. The zero-order valence-corrected chi connectivity index (χ0v) is 9.59. The standard InChI is InChI=1S/C11H11ClFN3O/c12-9-7(14)3-8(15)11(10(9)13)16-4-6-1-2-17-5-6/h1-3,5,16H,4,14-15H2. The lowest BCUT2D eigenvalue weighted by atomic mass is 10.2. The second-order valence-electron chi connectivity index (χ2n) is 3.54. The Labute approximate surface area is 102 Å². The normalized spacial score (nSPS) is 10.5. The summed E-state index contributed by atoms with van der Waals surface area (Å²) in [4.78, 5) is 0. The third-order valence-electron chi connectivity index (χ3n) is 2.31. The Balaban J connectivity index is 2.24. The molecule has 0 saturated carbocycles. The number of anilines is 3. The maximum atomic E-state index is 13.8. The summed E-state index contributed by atoms with van der Waals surface area (Å²) >= 11 is 5.70. The molecule has 1 aromatic carbocycles. The van der Waals surface area contributed by atoms with Crippen LogP contribution in [-0.2, 0) is 6.54 Å². The van der Waals surface area contributed by atoms with Crippen LogP contribution in [0.2, 0.25) is 5.02 Å². The van der Waals surface area contributed by atoms with Crippen molar-refractivity contribution >= 4 is 28.7 Å². The van der Waals surface area contributed by atoms with Gasteiger partial charge in [-0.05, 0) is 12.1 Å². The summed E-state index contributed by atoms with van der Waals surface area (Å²) < 4.78 is 18.7. The lowest BCUT2D eigenvalue weighted by Crippen LogP contribution is -2.06. The van der Waals surface area contributed by atoms with Crippen molar-refractivity contribution in [2.75, 3.05) is 16.8 Å². The molecule has 0 aliphatic carbocycles. The second-order valence-corrected chi connectivity index (χ2v) is 3.92. The number of nitrogen functional groups attached to an aromatic ring is 2. The molecule has 90 valence electrons. The van der Waals surface area contributed by atoms with Gasteiger partial charge in [0.15, 0.2) is 5.82 Å². The van der Waals surface area contributed by atoms with Crippen LogP contribution in [0.25, 0.3) is 0 Å². The van der Waals surface area contributed by atoms with E-state index in [1.165, 1.54) is 12.3 Å². The fraction of sp³-hybridized carbons (Fsp3) is 0.0909. The molecule has 2 rings (SSSR count). The highest BCUT2D eigenvalue weighted by Crippen LogP contribution is 2.33. The summed E-state index contributed by atoms with van der Waals surface area (Å²) in [5.74, 6) is -0.646. The van der Waals surface area contributed by atoms with E-state index in [0.29, 0.717) is 6.54 Å². The lowest BCUT2D eigenvalue weighted by molar-refractivity contribution is 0.564. The minimum Gasteiger partial charge on any atom is -0.472 e. The number of hydrogen-bond acceptors (Lipinski definition) is 4. The lowest BCUT2D eigenvalue weighted by Gasteiger charge is -2.12. The van der Waals surface area contributed by atoms with E-state index in [2.05, 4.69) is 5.32 Å². The fourth-order valence-corrected chi connectivity index (χ4v) is 1.58. The van der Waals surface area contributed by atoms with E-state index >= 15 is 0 Å². The molecule has 0 saturated heterocycles. The van der Waals surface area contributed by atoms with E-state index < -0.39 is 5.82 Å². The zero-order chi connectivity index (χ0) is 12.4. The number of nitrogens with one attached hydrogen (secondary N) is 1. The molecule has 0 fully saturated rings. The Morgan fingerprint density at radius 1 is 1.35 bits per heavy atom. The molecule has 6 heteroatoms. The topological polar surface area (TPSA) is 77.2 Å². The van der Waals surface area contributed by atoms with Crippen LogP contribution in [0.4, 0.5) is 21.5 Å². The van der Waals surface area contributed by atoms with E-state index in [1.807, 2.05) is 0 Å². The number of halogens is 2. The molecule has 0 aliphatic rings. The Morgan fingerprint density at radius 3 is 2.76 bits per heavy atom. The molecule has 0 atom stereocenters. The highest BCUT2D eigenvalue weighted by Gasteiger charge is 2.13. The number of furan rings is 1. The van der Waals surface area contributed by atoms with E-state index in [1.54, 1.807) is 12.3 Å². The van der Waals surface area contributed by atoms with E-state index in [4.69, 9.17) is 27.5 Å². The molecule has 5 N–H and O–H groups in total. The summed E-state index contributed by atoms with van der Waals surface area (Å²) in [6, 6.07) is 3.18. The monoisotopic (exact) mass is 255 g/mol. The smallest absolute Gasteiger partial charge is 0.169 e. The van der Waals surface area contributed by atoms with Gasteiger partial charge in [-0.2, -0.15) is 0 Å². The van der Waals surface area contributed by atoms with Gasteiger partial charge in [-0.1, -0.05) is 11.6 Å². The van der Waals surface area contributed by atoms with Gasteiger partial charge in [0, 0.05) is 12.1 Å². The quantitative estimate of drug-likeness (QED) is 0.737. The van der Waals surface area contributed by atoms with Crippen molar-refractivity contribution in [3.8, 4) is 0 Å². The zero-order valence-electron chi connectivity index (χ0n) is 8.84. The maximum Gasteiger partial charge on any atom is 0.169 e. The van der Waals surface area contributed by atoms with Gasteiger partial charge >= 0.3 is 0 Å². The molecule has 1 aromatic heterocycles. The van der Waals surface area contributed by atoms with Crippen LogP contribution in [-0.4, -0.2) is 0 Å². The molecule has 2 aromatic rings. The summed E-state index contributed by atoms with van der Waals surface area (Å²) in [6.07, 6.45) is 3.09. The summed E-state index contributed by atoms with van der Waals surface area (Å²) in [6.45, 7) is 0.387. The number of hydrogen-bond donors (Lipinski definition) is 3. The third kappa shape index (κ3) is 2.29. The highest BCUT2D eigenvalue weighted by atomic mass is 35.5. The fourth-order valence-electron chi connectivity index (χ4n) is 1.43. The van der Waals surface area contributed by atoms with Crippen LogP contribution in [0.15, 0.2) is 29.1 Å². The Kier molecular flexibility index (Phi) is 3.10. The predicted octanol–water partition coefficient (Wildman–Crippen LogP) is 2.85. The molecule has 0 bridgehead atoms. The van der Waals surface area contributed by atoms with Crippen molar-refractivity contribution in [2.45, 2.75) is 6.54 Å². The van der Waals surface area contributed by atoms with Crippen molar-refractivity contribution in [3.05, 3.63) is 41.1 Å². The molecule has 0 radical (unpaired) electrons. The van der Waals surface area contributed by atoms with Gasteiger partial charge in [0.2, 0.25) is 0 Å². The van der Waals surface area contributed by atoms with Gasteiger partial charge < -0.3 is 21.2 Å². The highest BCUT2D eigenvalue weighted by molar-refractivity contribution is 6.33. The first-order valence-electron chi connectivity index (χ1n) is 4.87. The van der Waals surface area contributed by atoms with Crippen LogP contribution in [0.3, 0.4) is 0 Å². The van der Waals surface area contributed by atoms with Crippen LogP contribution in [0, 0.1) is 5.82 Å². The second kappa shape index (κ2) is 4.55. The van der Waals surface area contributed by atoms with Gasteiger partial charge in [0.05, 0.1) is 29.6 Å². The van der Waals surface area contributed by atoms with Crippen molar-refractivity contribution in [2.24, 2.45) is 0 Å². The van der Waals surface area contributed by atoms with E-state index in [-0.39, 0.29) is 22.1 Å². The SMILES string of the molecule is Nc1cc(N)c(NCc2ccoc2)c(F)c1Cl. The van der Waals surface area contributed by atoms with E-state index in [0.717, 1.165) is 5.56 Å². The minimum atomic E-state index is -0.646. The largest absolute Gasteiger partial charge is 0.472 e. The number of nitrogens with two attached hydrogens (primary N) is 2. The van der Waals surface area contributed by atoms with Crippen LogP contribution in [0.5, 0.6) is 0 Å². The third-order valence-corrected chi connectivity index (χ3v) is 2.70. The summed E-state index contributed by atoms with van der Waals surface area (Å²) in [7, 11) is 0. The molecule has 0 aliphatic heterocycles. The van der Waals surface area contributed by atoms with Crippen LogP contribution < -0.4 is 16.8 Å². The van der Waals surface area contributed by atoms with Gasteiger partial charge in [0.1, 0.15) is 5.02 Å². The van der Waals surface area contributed by atoms with Gasteiger partial charge in [-0.3, -0.25) is 0 Å². The molecule has 0 unspecified atom stereocenters. The number of benzene rings is 1. The predicted molar refractivity (Wildman–Crippen MR) is 66.3 cm³/mol. The minimum absolute atomic E-state index is 0.121. The molecule has 4 nitrogen and oxygen atoms in total. The molecule has 17 heavy (non-hydrogen) atoms. The van der Waals surface area contributed by atoms with Crippen molar-refractivity contribution in [1.29, 1.82) is 0 Å². The van der Waals surface area contributed by atoms with Crippen molar-refractivity contribution < 1.29 is 8.81 Å². The average Bonchev–Trinajstić information content (AvgIpc) is 2.79. The first-order valence-corrected chi connectivity index (χ1v) is 5.25. The summed E-state index contributed by atoms with van der Waals surface area (Å²) in [5.41, 5.74) is 12.5. The molecule has 0 spiro atoms. The van der Waals surface area contributed by atoms with E-state index in [9.17, 15) is 4.39 Å². The van der Waals surface area contributed by atoms with Gasteiger partial charge in [-0.15, -0.1) is 0 Å². The molecule has 1 heterocycles. The van der Waals surface area contributed by atoms with Crippen LogP contribution in [0.1, 0.15) is 5.56 Å². The van der Waals surface area contributed by atoms with Gasteiger partial charge in [-0.25, -0.2) is 4.39 Å². The maximum absolute atomic E-state index is 13.8.